The maximum atomic E-state index is 10.9. The molecule has 5 nitrogen and oxygen atoms in total. The highest BCUT2D eigenvalue weighted by molar-refractivity contribution is 5.65. The average molecular weight is 228 g/mol. The number of carbonyl (C=O) groups is 1. The number of carboxylic acid groups (broad SMARTS) is 1. The molecule has 92 valence electrons. The SMILES string of the molecule is CC(C)(C)C1CN[C@H]2CN(C(=O)O)C[C@H]2O1. The summed E-state index contributed by atoms with van der Waals surface area (Å²) in [6.07, 6.45) is -0.691. The van der Waals surface area contributed by atoms with Crippen LogP contribution in [0.25, 0.3) is 0 Å². The molecule has 2 aliphatic heterocycles. The smallest absolute Gasteiger partial charge is 0.407 e. The Morgan fingerprint density at radius 2 is 2.12 bits per heavy atom. The zero-order valence-electron chi connectivity index (χ0n) is 10.1. The fourth-order valence-corrected chi connectivity index (χ4v) is 2.29. The van der Waals surface area contributed by atoms with E-state index in [1.807, 2.05) is 0 Å². The fourth-order valence-electron chi connectivity index (χ4n) is 2.29. The topological polar surface area (TPSA) is 61.8 Å². The summed E-state index contributed by atoms with van der Waals surface area (Å²) in [6, 6.07) is 0.162. The van der Waals surface area contributed by atoms with E-state index in [2.05, 4.69) is 26.1 Å². The molecule has 2 fully saturated rings. The second-order valence-corrected chi connectivity index (χ2v) is 5.73. The Balaban J connectivity index is 1.99. The van der Waals surface area contributed by atoms with Gasteiger partial charge in [0.1, 0.15) is 0 Å². The van der Waals surface area contributed by atoms with Gasteiger partial charge >= 0.3 is 6.09 Å². The molecule has 0 aliphatic carbocycles. The molecule has 0 bridgehead atoms. The summed E-state index contributed by atoms with van der Waals surface area (Å²) in [7, 11) is 0. The third kappa shape index (κ3) is 2.15. The summed E-state index contributed by atoms with van der Waals surface area (Å²) in [5, 5.41) is 12.3. The molecule has 2 saturated heterocycles. The molecule has 0 saturated carbocycles. The highest BCUT2D eigenvalue weighted by Crippen LogP contribution is 2.28. The molecule has 0 radical (unpaired) electrons. The first-order valence-corrected chi connectivity index (χ1v) is 5.74. The zero-order chi connectivity index (χ0) is 11.9. The number of hydrogen-bond acceptors (Lipinski definition) is 3. The Morgan fingerprint density at radius 1 is 1.44 bits per heavy atom. The Kier molecular flexibility index (Phi) is 2.84. The summed E-state index contributed by atoms with van der Waals surface area (Å²) in [5.41, 5.74) is 0.0919. The van der Waals surface area contributed by atoms with Crippen LogP contribution >= 0.6 is 0 Å². The number of ether oxygens (including phenoxy) is 1. The van der Waals surface area contributed by atoms with E-state index in [0.717, 1.165) is 6.54 Å². The number of nitrogens with one attached hydrogen (secondary N) is 1. The molecule has 2 heterocycles. The number of amides is 1. The maximum Gasteiger partial charge on any atom is 0.407 e. The van der Waals surface area contributed by atoms with Gasteiger partial charge < -0.3 is 20.1 Å². The van der Waals surface area contributed by atoms with Crippen LogP contribution in [0.5, 0.6) is 0 Å². The lowest BCUT2D eigenvalue weighted by atomic mass is 9.87. The number of fused-ring (bicyclic) bond motifs is 1. The minimum atomic E-state index is -0.855. The highest BCUT2D eigenvalue weighted by Gasteiger charge is 2.42. The molecule has 0 spiro atoms. The minimum Gasteiger partial charge on any atom is -0.465 e. The molecule has 0 aromatic rings. The number of hydrogen-bond donors (Lipinski definition) is 2. The van der Waals surface area contributed by atoms with Gasteiger partial charge in [0.05, 0.1) is 24.8 Å². The van der Waals surface area contributed by atoms with E-state index in [9.17, 15) is 4.79 Å². The van der Waals surface area contributed by atoms with Crippen LogP contribution < -0.4 is 5.32 Å². The Morgan fingerprint density at radius 3 is 2.69 bits per heavy atom. The average Bonchev–Trinajstić information content (AvgIpc) is 2.58. The van der Waals surface area contributed by atoms with Crippen molar-refractivity contribution in [2.45, 2.75) is 39.0 Å². The van der Waals surface area contributed by atoms with Gasteiger partial charge in [-0.2, -0.15) is 0 Å². The van der Waals surface area contributed by atoms with Gasteiger partial charge in [-0.3, -0.25) is 0 Å². The van der Waals surface area contributed by atoms with Crippen molar-refractivity contribution in [2.75, 3.05) is 19.6 Å². The molecule has 1 amide bonds. The van der Waals surface area contributed by atoms with E-state index in [1.165, 1.54) is 4.90 Å². The van der Waals surface area contributed by atoms with Crippen molar-refractivity contribution >= 4 is 6.09 Å². The first-order valence-electron chi connectivity index (χ1n) is 5.74. The Hall–Kier alpha value is -0.810. The van der Waals surface area contributed by atoms with Crippen LogP contribution in [-0.4, -0.2) is 54.0 Å². The molecular weight excluding hydrogens is 208 g/mol. The van der Waals surface area contributed by atoms with E-state index >= 15 is 0 Å². The molecule has 0 aromatic carbocycles. The Labute approximate surface area is 95.8 Å². The second-order valence-electron chi connectivity index (χ2n) is 5.73. The predicted octanol–water partition coefficient (Wildman–Crippen LogP) is 0.752. The number of nitrogens with zero attached hydrogens (tertiary/aromatic N) is 1. The van der Waals surface area contributed by atoms with Crippen molar-refractivity contribution in [1.82, 2.24) is 10.2 Å². The van der Waals surface area contributed by atoms with Gasteiger partial charge in [-0.05, 0) is 5.41 Å². The van der Waals surface area contributed by atoms with Gasteiger partial charge in [0.25, 0.3) is 0 Å². The lowest BCUT2D eigenvalue weighted by molar-refractivity contribution is -0.0926. The van der Waals surface area contributed by atoms with Crippen LogP contribution in [0.4, 0.5) is 4.79 Å². The first-order chi connectivity index (χ1) is 7.38. The summed E-state index contributed by atoms with van der Waals surface area (Å²) in [4.78, 5) is 12.3. The summed E-state index contributed by atoms with van der Waals surface area (Å²) in [6.45, 7) is 8.26. The lowest BCUT2D eigenvalue weighted by Crippen LogP contribution is -2.55. The van der Waals surface area contributed by atoms with Crippen molar-refractivity contribution in [1.29, 1.82) is 0 Å². The van der Waals surface area contributed by atoms with Crippen LogP contribution in [0.1, 0.15) is 20.8 Å². The number of likely N-dealkylation sites (tertiary alicyclic amines) is 1. The fraction of sp³-hybridized carbons (Fsp3) is 0.909. The van der Waals surface area contributed by atoms with Crippen LogP contribution in [0.3, 0.4) is 0 Å². The zero-order valence-corrected chi connectivity index (χ0v) is 10.1. The van der Waals surface area contributed by atoms with Crippen molar-refractivity contribution in [3.05, 3.63) is 0 Å². The van der Waals surface area contributed by atoms with Gasteiger partial charge in [-0.15, -0.1) is 0 Å². The quantitative estimate of drug-likeness (QED) is 0.642. The monoisotopic (exact) mass is 228 g/mol. The van der Waals surface area contributed by atoms with Gasteiger partial charge in [0.2, 0.25) is 0 Å². The second kappa shape index (κ2) is 3.89. The van der Waals surface area contributed by atoms with E-state index in [4.69, 9.17) is 9.84 Å². The molecule has 3 atom stereocenters. The summed E-state index contributed by atoms with van der Waals surface area (Å²) >= 11 is 0. The van der Waals surface area contributed by atoms with E-state index in [0.29, 0.717) is 13.1 Å². The molecule has 5 heteroatoms. The maximum absolute atomic E-state index is 10.9. The Bertz CT molecular complexity index is 287. The third-order valence-corrected chi connectivity index (χ3v) is 3.41. The molecule has 2 N–H and O–H groups in total. The summed E-state index contributed by atoms with van der Waals surface area (Å²) in [5.74, 6) is 0. The van der Waals surface area contributed by atoms with Gasteiger partial charge in [0, 0.05) is 13.1 Å². The summed E-state index contributed by atoms with van der Waals surface area (Å²) < 4.78 is 5.99. The lowest BCUT2D eigenvalue weighted by Gasteiger charge is -2.39. The normalized spacial score (nSPS) is 34.9. The number of rotatable bonds is 0. The first kappa shape index (κ1) is 11.7. The van der Waals surface area contributed by atoms with Crippen LogP contribution in [0.15, 0.2) is 0 Å². The van der Waals surface area contributed by atoms with Gasteiger partial charge in [0.15, 0.2) is 0 Å². The van der Waals surface area contributed by atoms with Gasteiger partial charge in [-0.1, -0.05) is 20.8 Å². The van der Waals surface area contributed by atoms with Crippen molar-refractivity contribution in [2.24, 2.45) is 5.41 Å². The van der Waals surface area contributed by atoms with E-state index in [-0.39, 0.29) is 23.7 Å². The molecule has 16 heavy (non-hydrogen) atoms. The largest absolute Gasteiger partial charge is 0.465 e. The van der Waals surface area contributed by atoms with Crippen molar-refractivity contribution in [3.63, 3.8) is 0 Å². The van der Waals surface area contributed by atoms with E-state index in [1.54, 1.807) is 0 Å². The van der Waals surface area contributed by atoms with Crippen LogP contribution in [0.2, 0.25) is 0 Å². The standard InChI is InChI=1S/C11H20N2O3/c1-11(2,3)9-4-12-7-5-13(10(14)15)6-8(7)16-9/h7-9,12H,4-6H2,1-3H3,(H,14,15)/t7-,8+,9?/m0/s1. The molecular formula is C11H20N2O3. The van der Waals surface area contributed by atoms with Crippen LogP contribution in [-0.2, 0) is 4.74 Å². The predicted molar refractivity (Wildman–Crippen MR) is 59.5 cm³/mol. The molecule has 0 aromatic heterocycles. The van der Waals surface area contributed by atoms with Gasteiger partial charge in [-0.25, -0.2) is 4.79 Å². The highest BCUT2D eigenvalue weighted by atomic mass is 16.5. The van der Waals surface area contributed by atoms with Crippen LogP contribution in [0, 0.1) is 5.41 Å². The molecule has 2 aliphatic rings. The molecule has 1 unspecified atom stereocenters. The minimum absolute atomic E-state index is 0.00840. The third-order valence-electron chi connectivity index (χ3n) is 3.41. The number of morpholine rings is 1. The van der Waals surface area contributed by atoms with Crippen molar-refractivity contribution < 1.29 is 14.6 Å². The van der Waals surface area contributed by atoms with Crippen molar-refractivity contribution in [3.8, 4) is 0 Å². The molecule has 2 rings (SSSR count). The van der Waals surface area contributed by atoms with E-state index < -0.39 is 6.09 Å².